The zero-order chi connectivity index (χ0) is 22.2. The summed E-state index contributed by atoms with van der Waals surface area (Å²) in [6, 6.07) is 12.2. The van der Waals surface area contributed by atoms with Gasteiger partial charge in [0.2, 0.25) is 11.8 Å². The molecule has 2 fully saturated rings. The van der Waals surface area contributed by atoms with Crippen molar-refractivity contribution in [3.8, 4) is 11.1 Å². The summed E-state index contributed by atoms with van der Waals surface area (Å²) in [5, 5.41) is 6.83. The van der Waals surface area contributed by atoms with Gasteiger partial charge < -0.3 is 20.4 Å². The number of piperazine rings is 1. The summed E-state index contributed by atoms with van der Waals surface area (Å²) in [5.74, 6) is -0.350. The zero-order valence-corrected chi connectivity index (χ0v) is 18.4. The van der Waals surface area contributed by atoms with Gasteiger partial charge in [-0.15, -0.1) is 0 Å². The average molecular weight is 453 g/mol. The van der Waals surface area contributed by atoms with Gasteiger partial charge in [-0.25, -0.2) is 0 Å². The number of hydrogen-bond acceptors (Lipinski definition) is 4. The maximum absolute atomic E-state index is 13.4. The Morgan fingerprint density at radius 2 is 1.69 bits per heavy atom. The van der Waals surface area contributed by atoms with E-state index in [4.69, 9.17) is 11.6 Å². The van der Waals surface area contributed by atoms with Crippen LogP contribution in [-0.4, -0.2) is 66.3 Å². The fourth-order valence-electron chi connectivity index (χ4n) is 4.80. The molecular weight excluding hydrogens is 428 g/mol. The highest BCUT2D eigenvalue weighted by Gasteiger charge is 2.41. The molecule has 5 rings (SSSR count). The molecule has 0 aliphatic carbocycles. The monoisotopic (exact) mass is 452 g/mol. The van der Waals surface area contributed by atoms with Gasteiger partial charge in [-0.05, 0) is 61.3 Å². The van der Waals surface area contributed by atoms with Gasteiger partial charge in [-0.2, -0.15) is 0 Å². The highest BCUT2D eigenvalue weighted by Crippen LogP contribution is 2.31. The second-order valence-electron chi connectivity index (χ2n) is 8.58. The van der Waals surface area contributed by atoms with Crippen molar-refractivity contribution in [1.82, 2.24) is 15.1 Å². The van der Waals surface area contributed by atoms with Gasteiger partial charge in [0.25, 0.3) is 5.91 Å². The molecule has 0 radical (unpaired) electrons. The third-order valence-electron chi connectivity index (χ3n) is 6.63. The van der Waals surface area contributed by atoms with Crippen LogP contribution in [0.15, 0.2) is 42.5 Å². The number of fused-ring (bicyclic) bond motifs is 2. The molecule has 1 unspecified atom stereocenters. The number of hydrogen-bond donors (Lipinski definition) is 2. The Kier molecular flexibility index (Phi) is 5.61. The summed E-state index contributed by atoms with van der Waals surface area (Å²) in [6.07, 6.45) is 1.63. The number of nitrogens with zero attached hydrogens (tertiary/aromatic N) is 2. The molecule has 0 bridgehead atoms. The Morgan fingerprint density at radius 1 is 0.969 bits per heavy atom. The molecule has 2 aromatic rings. The largest absolute Gasteiger partial charge is 0.338 e. The van der Waals surface area contributed by atoms with Crippen molar-refractivity contribution in [2.75, 3.05) is 38.0 Å². The third-order valence-corrected chi connectivity index (χ3v) is 6.88. The number of piperidine rings is 1. The van der Waals surface area contributed by atoms with Crippen LogP contribution < -0.4 is 10.6 Å². The van der Waals surface area contributed by atoms with Crippen molar-refractivity contribution in [1.29, 1.82) is 0 Å². The van der Waals surface area contributed by atoms with Gasteiger partial charge in [0, 0.05) is 24.0 Å². The first-order chi connectivity index (χ1) is 15.5. The van der Waals surface area contributed by atoms with E-state index in [-0.39, 0.29) is 30.2 Å². The van der Waals surface area contributed by atoms with Crippen LogP contribution in [0, 0.1) is 5.92 Å². The lowest BCUT2D eigenvalue weighted by Crippen LogP contribution is -2.60. The van der Waals surface area contributed by atoms with Crippen molar-refractivity contribution < 1.29 is 14.4 Å². The number of carbonyl (C=O) groups is 3. The summed E-state index contributed by atoms with van der Waals surface area (Å²) in [5.41, 5.74) is 2.78. The fourth-order valence-corrected chi connectivity index (χ4v) is 4.93. The molecule has 32 heavy (non-hydrogen) atoms. The number of anilines is 1. The number of halogens is 1. The summed E-state index contributed by atoms with van der Waals surface area (Å²) >= 11 is 6.00. The van der Waals surface area contributed by atoms with Crippen molar-refractivity contribution in [3.05, 3.63) is 53.1 Å². The van der Waals surface area contributed by atoms with Gasteiger partial charge in [-0.3, -0.25) is 14.4 Å². The minimum Gasteiger partial charge on any atom is -0.338 e. The smallest absolute Gasteiger partial charge is 0.256 e. The third kappa shape index (κ3) is 3.87. The number of carbonyl (C=O) groups excluding carboxylic acids is 3. The summed E-state index contributed by atoms with van der Waals surface area (Å²) < 4.78 is 0. The second-order valence-corrected chi connectivity index (χ2v) is 9.02. The first-order valence-corrected chi connectivity index (χ1v) is 11.4. The van der Waals surface area contributed by atoms with E-state index in [2.05, 4.69) is 10.6 Å². The van der Waals surface area contributed by atoms with Gasteiger partial charge >= 0.3 is 0 Å². The van der Waals surface area contributed by atoms with Crippen LogP contribution in [-0.2, 0) is 9.59 Å². The molecule has 3 aliphatic rings. The molecule has 8 heteroatoms. The number of amides is 3. The van der Waals surface area contributed by atoms with Crippen molar-refractivity contribution >= 4 is 35.0 Å². The van der Waals surface area contributed by atoms with Gasteiger partial charge in [-0.1, -0.05) is 29.8 Å². The molecule has 166 valence electrons. The fraction of sp³-hybridized carbons (Fsp3) is 0.375. The molecule has 7 nitrogen and oxygen atoms in total. The second kappa shape index (κ2) is 8.56. The molecular formula is C24H25ClN4O3. The summed E-state index contributed by atoms with van der Waals surface area (Å²) in [4.78, 5) is 42.8. The molecule has 3 aliphatic heterocycles. The molecule has 3 amide bonds. The molecule has 2 N–H and O–H groups in total. The lowest BCUT2D eigenvalue weighted by molar-refractivity contribution is -0.140. The van der Waals surface area contributed by atoms with E-state index in [1.54, 1.807) is 28.0 Å². The maximum atomic E-state index is 13.4. The van der Waals surface area contributed by atoms with Gasteiger partial charge in [0.15, 0.2) is 0 Å². The summed E-state index contributed by atoms with van der Waals surface area (Å²) in [6.45, 7) is 2.70. The molecule has 3 heterocycles. The number of benzene rings is 2. The maximum Gasteiger partial charge on any atom is 0.256 e. The van der Waals surface area contributed by atoms with Crippen molar-refractivity contribution in [2.24, 2.45) is 5.92 Å². The number of nitrogens with one attached hydrogen (secondary N) is 2. The molecule has 0 saturated carbocycles. The first-order valence-electron chi connectivity index (χ1n) is 11.0. The molecule has 2 aromatic carbocycles. The van der Waals surface area contributed by atoms with Gasteiger partial charge in [0.05, 0.1) is 17.8 Å². The van der Waals surface area contributed by atoms with Crippen LogP contribution >= 0.6 is 11.6 Å². The van der Waals surface area contributed by atoms with E-state index in [1.807, 2.05) is 24.3 Å². The summed E-state index contributed by atoms with van der Waals surface area (Å²) in [7, 11) is 0. The van der Waals surface area contributed by atoms with Crippen LogP contribution in [0.3, 0.4) is 0 Å². The SMILES string of the molecule is O=C1Nc2ccc(-c3ccc(Cl)cc3)cc2C(=O)N2CCN(C(=O)C3CCNCC3)CC12. The van der Waals surface area contributed by atoms with Crippen LogP contribution in [0.2, 0.25) is 5.02 Å². The average Bonchev–Trinajstić information content (AvgIpc) is 2.93. The van der Waals surface area contributed by atoms with Crippen molar-refractivity contribution in [3.63, 3.8) is 0 Å². The van der Waals surface area contributed by atoms with Crippen LogP contribution in [0.4, 0.5) is 5.69 Å². The zero-order valence-electron chi connectivity index (χ0n) is 17.6. The number of rotatable bonds is 2. The molecule has 2 saturated heterocycles. The Balaban J connectivity index is 1.39. The highest BCUT2D eigenvalue weighted by atomic mass is 35.5. The van der Waals surface area contributed by atoms with E-state index < -0.39 is 6.04 Å². The van der Waals surface area contributed by atoms with E-state index in [0.717, 1.165) is 37.1 Å². The lowest BCUT2D eigenvalue weighted by Gasteiger charge is -2.41. The van der Waals surface area contributed by atoms with Gasteiger partial charge in [0.1, 0.15) is 6.04 Å². The normalized spacial score (nSPS) is 21.5. The predicted molar refractivity (Wildman–Crippen MR) is 123 cm³/mol. The van der Waals surface area contributed by atoms with E-state index >= 15 is 0 Å². The lowest BCUT2D eigenvalue weighted by atomic mass is 9.95. The predicted octanol–water partition coefficient (Wildman–Crippen LogP) is 2.61. The highest BCUT2D eigenvalue weighted by molar-refractivity contribution is 6.30. The topological polar surface area (TPSA) is 81.8 Å². The van der Waals surface area contributed by atoms with Crippen LogP contribution in [0.25, 0.3) is 11.1 Å². The van der Waals surface area contributed by atoms with E-state index in [9.17, 15) is 14.4 Å². The van der Waals surface area contributed by atoms with E-state index in [1.165, 1.54) is 0 Å². The standard InChI is InChI=1S/C24H25ClN4O3/c25-18-4-1-15(2-5-18)17-3-6-20-19(13-17)24(32)29-12-11-28(14-21(29)22(30)27-20)23(31)16-7-9-26-10-8-16/h1-6,13,16,21,26H,7-12,14H2,(H,27,30). The Hall–Kier alpha value is -2.90. The van der Waals surface area contributed by atoms with Crippen LogP contribution in [0.5, 0.6) is 0 Å². The Labute approximate surface area is 191 Å². The first kappa shape index (κ1) is 21.0. The molecule has 0 aromatic heterocycles. The minimum absolute atomic E-state index is 0.00790. The van der Waals surface area contributed by atoms with Crippen molar-refractivity contribution in [2.45, 2.75) is 18.9 Å². The Bertz CT molecular complexity index is 1070. The van der Waals surface area contributed by atoms with E-state index in [0.29, 0.717) is 29.4 Å². The van der Waals surface area contributed by atoms with Crippen LogP contribution in [0.1, 0.15) is 23.2 Å². The quantitative estimate of drug-likeness (QED) is 0.733. The molecule has 0 spiro atoms. The Morgan fingerprint density at radius 3 is 2.44 bits per heavy atom. The minimum atomic E-state index is -0.687. The molecule has 1 atom stereocenters.